The van der Waals surface area contributed by atoms with Gasteiger partial charge in [0.15, 0.2) is 0 Å². The van der Waals surface area contributed by atoms with Gasteiger partial charge >= 0.3 is 5.97 Å². The first-order valence-corrected chi connectivity index (χ1v) is 10.8. The maximum Gasteiger partial charge on any atom is 0.335 e. The molecule has 2 N–H and O–H groups in total. The van der Waals surface area contributed by atoms with E-state index in [2.05, 4.69) is 6.92 Å². The molecule has 0 atom stereocenters. The van der Waals surface area contributed by atoms with Gasteiger partial charge in [0, 0.05) is 11.8 Å². The third kappa shape index (κ3) is 17.6. The van der Waals surface area contributed by atoms with E-state index < -0.39 is 0 Å². The molecule has 3 heteroatoms. The van der Waals surface area contributed by atoms with Crippen LogP contribution < -0.4 is 5.73 Å². The second-order valence-corrected chi connectivity index (χ2v) is 7.29. The van der Waals surface area contributed by atoms with Crippen molar-refractivity contribution in [2.45, 2.75) is 117 Å². The number of hydrogen-bond donors (Lipinski definition) is 1. The predicted molar refractivity (Wildman–Crippen MR) is 108 cm³/mol. The highest BCUT2D eigenvalue weighted by Gasteiger charge is 2.03. The van der Waals surface area contributed by atoms with Gasteiger partial charge in [0.1, 0.15) is 0 Å². The molecule has 0 saturated carbocycles. The molecule has 0 fully saturated rings. The Balaban J connectivity index is 3.11. The molecule has 0 bridgehead atoms. The van der Waals surface area contributed by atoms with Crippen molar-refractivity contribution in [1.29, 1.82) is 0 Å². The van der Waals surface area contributed by atoms with E-state index in [1.165, 1.54) is 96.1 Å². The molecule has 0 aromatic carbocycles. The fourth-order valence-electron chi connectivity index (χ4n) is 3.00. The molecule has 0 rings (SSSR count). The Morgan fingerprint density at radius 2 is 1.08 bits per heavy atom. The molecule has 0 radical (unpaired) electrons. The standard InChI is InChI=1S/C22H43NO2/c1-3-4-5-6-7-8-9-10-11-12-13-14-15-16-17-18-19-25-22(24)21(2)20-23/h20H,3-19,23H2,1-2H3/b21-20+. The first-order chi connectivity index (χ1) is 12.2. The summed E-state index contributed by atoms with van der Waals surface area (Å²) in [5, 5.41) is 0. The lowest BCUT2D eigenvalue weighted by Crippen LogP contribution is -2.08. The summed E-state index contributed by atoms with van der Waals surface area (Å²) in [7, 11) is 0. The van der Waals surface area contributed by atoms with E-state index in [0.29, 0.717) is 12.2 Å². The number of rotatable bonds is 18. The van der Waals surface area contributed by atoms with Crippen molar-refractivity contribution in [3.8, 4) is 0 Å². The Kier molecular flexibility index (Phi) is 18.6. The molecule has 0 spiro atoms. The molecule has 0 unspecified atom stereocenters. The Labute approximate surface area is 156 Å². The van der Waals surface area contributed by atoms with Crippen molar-refractivity contribution in [3.05, 3.63) is 11.8 Å². The maximum absolute atomic E-state index is 11.4. The smallest absolute Gasteiger partial charge is 0.335 e. The van der Waals surface area contributed by atoms with Crippen molar-refractivity contribution >= 4 is 5.97 Å². The van der Waals surface area contributed by atoms with Crippen molar-refractivity contribution < 1.29 is 9.53 Å². The van der Waals surface area contributed by atoms with Crippen molar-refractivity contribution in [2.75, 3.05) is 6.61 Å². The van der Waals surface area contributed by atoms with Crippen LogP contribution in [0.25, 0.3) is 0 Å². The summed E-state index contributed by atoms with van der Waals surface area (Å²) in [5.41, 5.74) is 5.76. The van der Waals surface area contributed by atoms with Gasteiger partial charge in [-0.3, -0.25) is 0 Å². The van der Waals surface area contributed by atoms with Crippen LogP contribution in [0.1, 0.15) is 117 Å². The highest BCUT2D eigenvalue weighted by atomic mass is 16.5. The minimum Gasteiger partial charge on any atom is -0.462 e. The van der Waals surface area contributed by atoms with Crippen LogP contribution in [0, 0.1) is 0 Å². The molecule has 0 saturated heterocycles. The van der Waals surface area contributed by atoms with E-state index in [4.69, 9.17) is 10.5 Å². The quantitative estimate of drug-likeness (QED) is 0.170. The summed E-state index contributed by atoms with van der Waals surface area (Å²) in [6.07, 6.45) is 22.9. The van der Waals surface area contributed by atoms with Crippen molar-refractivity contribution in [3.63, 3.8) is 0 Å². The number of ether oxygens (including phenoxy) is 1. The number of esters is 1. The third-order valence-corrected chi connectivity index (χ3v) is 4.80. The first kappa shape index (κ1) is 24.0. The third-order valence-electron chi connectivity index (χ3n) is 4.80. The van der Waals surface area contributed by atoms with Crippen molar-refractivity contribution in [2.24, 2.45) is 5.73 Å². The normalized spacial score (nSPS) is 11.7. The van der Waals surface area contributed by atoms with Crippen LogP contribution in [0.2, 0.25) is 0 Å². The molecule has 0 aliphatic rings. The summed E-state index contributed by atoms with van der Waals surface area (Å²) in [6, 6.07) is 0. The highest BCUT2D eigenvalue weighted by Crippen LogP contribution is 2.13. The molecule has 0 aliphatic heterocycles. The lowest BCUT2D eigenvalue weighted by Gasteiger charge is -2.05. The molecule has 0 amide bonds. The molecule has 148 valence electrons. The van der Waals surface area contributed by atoms with E-state index in [1.54, 1.807) is 6.92 Å². The fraction of sp³-hybridized carbons (Fsp3) is 0.864. The second kappa shape index (κ2) is 19.3. The van der Waals surface area contributed by atoms with E-state index in [-0.39, 0.29) is 5.97 Å². The molecular formula is C22H43NO2. The Morgan fingerprint density at radius 1 is 0.720 bits per heavy atom. The fourth-order valence-corrected chi connectivity index (χ4v) is 3.00. The topological polar surface area (TPSA) is 52.3 Å². The largest absolute Gasteiger partial charge is 0.462 e. The zero-order valence-electron chi connectivity index (χ0n) is 17.0. The van der Waals surface area contributed by atoms with Crippen LogP contribution in [0.15, 0.2) is 11.8 Å². The Morgan fingerprint density at radius 3 is 1.44 bits per heavy atom. The van der Waals surface area contributed by atoms with Crippen molar-refractivity contribution in [1.82, 2.24) is 0 Å². The van der Waals surface area contributed by atoms with E-state index in [9.17, 15) is 4.79 Å². The number of carbonyl (C=O) groups excluding carboxylic acids is 1. The summed E-state index contributed by atoms with van der Waals surface area (Å²) in [4.78, 5) is 11.4. The average molecular weight is 354 g/mol. The first-order valence-electron chi connectivity index (χ1n) is 10.8. The van der Waals surface area contributed by atoms with Gasteiger partial charge in [-0.05, 0) is 13.3 Å². The predicted octanol–water partition coefficient (Wildman–Crippen LogP) is 6.65. The van der Waals surface area contributed by atoms with Gasteiger partial charge in [0.25, 0.3) is 0 Å². The van der Waals surface area contributed by atoms with Crippen LogP contribution in [-0.2, 0) is 9.53 Å². The SMILES string of the molecule is CCCCCCCCCCCCCCCCCCOC(=O)/C(C)=C/N. The van der Waals surface area contributed by atoms with Gasteiger partial charge in [-0.2, -0.15) is 0 Å². The summed E-state index contributed by atoms with van der Waals surface area (Å²) < 4.78 is 5.13. The molecule has 0 heterocycles. The van der Waals surface area contributed by atoms with Gasteiger partial charge in [-0.25, -0.2) is 4.79 Å². The van der Waals surface area contributed by atoms with Crippen LogP contribution in [-0.4, -0.2) is 12.6 Å². The van der Waals surface area contributed by atoms with E-state index in [1.807, 2.05) is 0 Å². The van der Waals surface area contributed by atoms with Gasteiger partial charge in [0.2, 0.25) is 0 Å². The van der Waals surface area contributed by atoms with Crippen LogP contribution in [0.3, 0.4) is 0 Å². The van der Waals surface area contributed by atoms with Crippen LogP contribution in [0.4, 0.5) is 0 Å². The Bertz CT molecular complexity index is 326. The molecule has 3 nitrogen and oxygen atoms in total. The zero-order chi connectivity index (χ0) is 18.6. The molecule has 25 heavy (non-hydrogen) atoms. The van der Waals surface area contributed by atoms with Crippen LogP contribution in [0.5, 0.6) is 0 Å². The molecule has 0 aromatic heterocycles. The maximum atomic E-state index is 11.4. The lowest BCUT2D eigenvalue weighted by atomic mass is 10.0. The number of hydrogen-bond acceptors (Lipinski definition) is 3. The van der Waals surface area contributed by atoms with Gasteiger partial charge in [-0.1, -0.05) is 103 Å². The minimum atomic E-state index is -0.288. The monoisotopic (exact) mass is 353 g/mol. The molecule has 0 aromatic rings. The average Bonchev–Trinajstić information content (AvgIpc) is 2.63. The molecule has 0 aliphatic carbocycles. The van der Waals surface area contributed by atoms with E-state index >= 15 is 0 Å². The number of unbranched alkanes of at least 4 members (excludes halogenated alkanes) is 15. The summed E-state index contributed by atoms with van der Waals surface area (Å²) in [6.45, 7) is 4.47. The Hall–Kier alpha value is -0.990. The van der Waals surface area contributed by atoms with E-state index in [0.717, 1.165) is 12.8 Å². The highest BCUT2D eigenvalue weighted by molar-refractivity contribution is 5.87. The van der Waals surface area contributed by atoms with Gasteiger partial charge in [-0.15, -0.1) is 0 Å². The minimum absolute atomic E-state index is 0.288. The number of carbonyl (C=O) groups is 1. The van der Waals surface area contributed by atoms with Gasteiger partial charge in [0.05, 0.1) is 6.61 Å². The summed E-state index contributed by atoms with van der Waals surface area (Å²) in [5.74, 6) is -0.288. The van der Waals surface area contributed by atoms with Crippen LogP contribution >= 0.6 is 0 Å². The number of nitrogens with two attached hydrogens (primary N) is 1. The summed E-state index contributed by atoms with van der Waals surface area (Å²) >= 11 is 0. The van der Waals surface area contributed by atoms with Gasteiger partial charge < -0.3 is 10.5 Å². The zero-order valence-corrected chi connectivity index (χ0v) is 17.0. The second-order valence-electron chi connectivity index (χ2n) is 7.29. The lowest BCUT2D eigenvalue weighted by molar-refractivity contribution is -0.139. The molecular weight excluding hydrogens is 310 g/mol.